The van der Waals surface area contributed by atoms with Crippen LogP contribution in [0.1, 0.15) is 18.7 Å². The Morgan fingerprint density at radius 1 is 1.10 bits per heavy atom. The van der Waals surface area contributed by atoms with Gasteiger partial charge in [-0.05, 0) is 43.2 Å². The number of rotatable bonds is 8. The lowest BCUT2D eigenvalue weighted by Gasteiger charge is -2.15. The molecule has 3 aromatic rings. The summed E-state index contributed by atoms with van der Waals surface area (Å²) in [5.74, 6) is 2.48. The lowest BCUT2D eigenvalue weighted by Crippen LogP contribution is -2.27. The molecule has 0 aliphatic carbocycles. The standard InChI is InChI=1S/C20H22N4O5S2/c1-27-16-7-5-14(11-17(16)28-2)20-22-18(29-23-20)13-30-19-8-6-15(12-21-19)31(25,26)24-9-3-4-10-24/h5-8,11-12H,3-4,9-10,13H2,1-2H3. The van der Waals surface area contributed by atoms with Crippen LogP contribution in [0, 0.1) is 0 Å². The Morgan fingerprint density at radius 3 is 2.55 bits per heavy atom. The first-order valence-electron chi connectivity index (χ1n) is 9.65. The third kappa shape index (κ3) is 4.68. The average molecular weight is 463 g/mol. The number of methoxy groups -OCH3 is 2. The summed E-state index contributed by atoms with van der Waals surface area (Å²) in [7, 11) is -0.322. The number of hydrogen-bond donors (Lipinski definition) is 0. The van der Waals surface area contributed by atoms with E-state index in [0.29, 0.717) is 47.1 Å². The minimum atomic E-state index is -3.46. The predicted molar refractivity (Wildman–Crippen MR) is 115 cm³/mol. The highest BCUT2D eigenvalue weighted by Gasteiger charge is 2.27. The lowest BCUT2D eigenvalue weighted by molar-refractivity contribution is 0.355. The fourth-order valence-electron chi connectivity index (χ4n) is 3.22. The molecule has 0 atom stereocenters. The van der Waals surface area contributed by atoms with E-state index < -0.39 is 10.0 Å². The first kappa shape index (κ1) is 21.6. The van der Waals surface area contributed by atoms with Crippen molar-refractivity contribution in [2.75, 3.05) is 27.3 Å². The van der Waals surface area contributed by atoms with Crippen LogP contribution in [0.3, 0.4) is 0 Å². The summed E-state index contributed by atoms with van der Waals surface area (Å²) < 4.78 is 42.5. The topological polar surface area (TPSA) is 108 Å². The molecule has 0 saturated carbocycles. The van der Waals surface area contributed by atoms with E-state index in [2.05, 4.69) is 15.1 Å². The van der Waals surface area contributed by atoms with Crippen LogP contribution in [0.2, 0.25) is 0 Å². The smallest absolute Gasteiger partial charge is 0.244 e. The number of thioether (sulfide) groups is 1. The molecular weight excluding hydrogens is 440 g/mol. The Labute approximate surface area is 184 Å². The number of pyridine rings is 1. The summed E-state index contributed by atoms with van der Waals surface area (Å²) in [5, 5.41) is 4.69. The highest BCUT2D eigenvalue weighted by Crippen LogP contribution is 2.31. The van der Waals surface area contributed by atoms with Crippen molar-refractivity contribution in [2.24, 2.45) is 0 Å². The van der Waals surface area contributed by atoms with E-state index in [1.807, 2.05) is 6.07 Å². The Bertz CT molecular complexity index is 1140. The van der Waals surface area contributed by atoms with Crippen LogP contribution >= 0.6 is 11.8 Å². The van der Waals surface area contributed by atoms with Crippen molar-refractivity contribution in [3.63, 3.8) is 0 Å². The number of sulfonamides is 1. The van der Waals surface area contributed by atoms with Crippen molar-refractivity contribution >= 4 is 21.8 Å². The van der Waals surface area contributed by atoms with E-state index in [1.165, 1.54) is 22.3 Å². The summed E-state index contributed by atoms with van der Waals surface area (Å²) in [5.41, 5.74) is 0.743. The van der Waals surface area contributed by atoms with E-state index in [4.69, 9.17) is 14.0 Å². The largest absolute Gasteiger partial charge is 0.493 e. The molecule has 9 nitrogen and oxygen atoms in total. The second-order valence-electron chi connectivity index (χ2n) is 6.81. The fraction of sp³-hybridized carbons (Fsp3) is 0.350. The van der Waals surface area contributed by atoms with E-state index >= 15 is 0 Å². The van der Waals surface area contributed by atoms with Gasteiger partial charge in [0.15, 0.2) is 11.5 Å². The maximum absolute atomic E-state index is 12.6. The van der Waals surface area contributed by atoms with Crippen molar-refractivity contribution < 1.29 is 22.4 Å². The Kier molecular flexibility index (Phi) is 6.44. The molecule has 1 fully saturated rings. The van der Waals surface area contributed by atoms with Crippen LogP contribution in [0.25, 0.3) is 11.4 Å². The highest BCUT2D eigenvalue weighted by molar-refractivity contribution is 7.98. The molecule has 1 saturated heterocycles. The van der Waals surface area contributed by atoms with Gasteiger partial charge in [0.2, 0.25) is 21.7 Å². The monoisotopic (exact) mass is 462 g/mol. The van der Waals surface area contributed by atoms with Crippen molar-refractivity contribution in [2.45, 2.75) is 28.5 Å². The van der Waals surface area contributed by atoms with Crippen LogP contribution in [-0.2, 0) is 15.8 Å². The molecule has 0 N–H and O–H groups in total. The second kappa shape index (κ2) is 9.25. The van der Waals surface area contributed by atoms with Crippen LogP contribution < -0.4 is 9.47 Å². The van der Waals surface area contributed by atoms with Gasteiger partial charge < -0.3 is 14.0 Å². The highest BCUT2D eigenvalue weighted by atomic mass is 32.2. The number of hydrogen-bond acceptors (Lipinski definition) is 9. The average Bonchev–Trinajstić information content (AvgIpc) is 3.50. The molecule has 0 amide bonds. The molecule has 1 aromatic carbocycles. The Balaban J connectivity index is 1.41. The van der Waals surface area contributed by atoms with Crippen LogP contribution in [-0.4, -0.2) is 55.2 Å². The van der Waals surface area contributed by atoms with E-state index in [1.54, 1.807) is 38.5 Å². The number of nitrogens with zero attached hydrogens (tertiary/aromatic N) is 4. The van der Waals surface area contributed by atoms with Gasteiger partial charge in [-0.2, -0.15) is 9.29 Å². The molecule has 164 valence electrons. The minimum Gasteiger partial charge on any atom is -0.493 e. The fourth-order valence-corrected chi connectivity index (χ4v) is 5.37. The number of aromatic nitrogens is 3. The summed E-state index contributed by atoms with van der Waals surface area (Å²) >= 11 is 1.39. The molecule has 0 bridgehead atoms. The van der Waals surface area contributed by atoms with Gasteiger partial charge in [-0.1, -0.05) is 16.9 Å². The normalized spacial score (nSPS) is 14.6. The maximum Gasteiger partial charge on any atom is 0.244 e. The zero-order valence-electron chi connectivity index (χ0n) is 17.1. The summed E-state index contributed by atoms with van der Waals surface area (Å²) in [4.78, 5) is 8.90. The number of benzene rings is 1. The molecular formula is C20H22N4O5S2. The first-order chi connectivity index (χ1) is 15.0. The zero-order chi connectivity index (χ0) is 21.8. The molecule has 11 heteroatoms. The van der Waals surface area contributed by atoms with E-state index in [0.717, 1.165) is 18.4 Å². The molecule has 1 aliphatic heterocycles. The first-order valence-corrected chi connectivity index (χ1v) is 12.1. The SMILES string of the molecule is COc1ccc(-c2noc(CSc3ccc(S(=O)(=O)N4CCCC4)cn3)n2)cc1OC. The quantitative estimate of drug-likeness (QED) is 0.466. The summed E-state index contributed by atoms with van der Waals surface area (Å²) in [6.07, 6.45) is 3.20. The summed E-state index contributed by atoms with van der Waals surface area (Å²) in [6.45, 7) is 1.14. The van der Waals surface area contributed by atoms with Gasteiger partial charge >= 0.3 is 0 Å². The molecule has 2 aromatic heterocycles. The molecule has 0 radical (unpaired) electrons. The van der Waals surface area contributed by atoms with Gasteiger partial charge in [0.25, 0.3) is 0 Å². The van der Waals surface area contributed by atoms with Crippen LogP contribution in [0.5, 0.6) is 11.5 Å². The lowest BCUT2D eigenvalue weighted by atomic mass is 10.2. The van der Waals surface area contributed by atoms with Gasteiger partial charge in [0, 0.05) is 24.8 Å². The molecule has 31 heavy (non-hydrogen) atoms. The Morgan fingerprint density at radius 2 is 1.87 bits per heavy atom. The van der Waals surface area contributed by atoms with Crippen molar-refractivity contribution in [1.29, 1.82) is 0 Å². The molecule has 0 unspecified atom stereocenters. The third-order valence-electron chi connectivity index (χ3n) is 4.87. The maximum atomic E-state index is 12.6. The second-order valence-corrected chi connectivity index (χ2v) is 9.75. The summed E-state index contributed by atoms with van der Waals surface area (Å²) in [6, 6.07) is 8.66. The minimum absolute atomic E-state index is 0.215. The zero-order valence-corrected chi connectivity index (χ0v) is 18.8. The molecule has 4 rings (SSSR count). The molecule has 3 heterocycles. The van der Waals surface area contributed by atoms with Gasteiger partial charge in [0.1, 0.15) is 4.90 Å². The van der Waals surface area contributed by atoms with Gasteiger partial charge in [-0.3, -0.25) is 0 Å². The van der Waals surface area contributed by atoms with Gasteiger partial charge in [-0.25, -0.2) is 13.4 Å². The van der Waals surface area contributed by atoms with Crippen molar-refractivity contribution in [3.05, 3.63) is 42.4 Å². The number of ether oxygens (including phenoxy) is 2. The van der Waals surface area contributed by atoms with Crippen molar-refractivity contribution in [1.82, 2.24) is 19.4 Å². The third-order valence-corrected chi connectivity index (χ3v) is 7.68. The van der Waals surface area contributed by atoms with E-state index in [9.17, 15) is 8.42 Å². The van der Waals surface area contributed by atoms with Crippen molar-refractivity contribution in [3.8, 4) is 22.9 Å². The van der Waals surface area contributed by atoms with Crippen LogP contribution in [0.4, 0.5) is 0 Å². The molecule has 0 spiro atoms. The van der Waals surface area contributed by atoms with Gasteiger partial charge in [0.05, 0.1) is 25.0 Å². The van der Waals surface area contributed by atoms with Crippen LogP contribution in [0.15, 0.2) is 51.0 Å². The Hall–Kier alpha value is -2.63. The predicted octanol–water partition coefficient (Wildman–Crippen LogP) is 3.23. The van der Waals surface area contributed by atoms with E-state index in [-0.39, 0.29) is 4.90 Å². The van der Waals surface area contributed by atoms with Gasteiger partial charge in [-0.15, -0.1) is 0 Å². The molecule has 1 aliphatic rings.